The van der Waals surface area contributed by atoms with Crippen LogP contribution in [0.25, 0.3) is 0 Å². The van der Waals surface area contributed by atoms with E-state index in [4.69, 9.17) is 16.7 Å². The molecule has 0 radical (unpaired) electrons. The summed E-state index contributed by atoms with van der Waals surface area (Å²) in [6, 6.07) is 15.8. The quantitative estimate of drug-likeness (QED) is 0.420. The van der Waals surface area contributed by atoms with Gasteiger partial charge in [0.1, 0.15) is 5.69 Å². The normalized spacial score (nSPS) is 12.5. The summed E-state index contributed by atoms with van der Waals surface area (Å²) in [5, 5.41) is 22.9. The minimum absolute atomic E-state index is 0.0723. The van der Waals surface area contributed by atoms with Gasteiger partial charge in [0.25, 0.3) is 0 Å². The number of carboxylic acids is 1. The van der Waals surface area contributed by atoms with E-state index in [9.17, 15) is 18.3 Å². The molecule has 0 fully saturated rings. The van der Waals surface area contributed by atoms with Crippen molar-refractivity contribution < 1.29 is 23.4 Å². The van der Waals surface area contributed by atoms with E-state index in [1.54, 1.807) is 36.4 Å². The Bertz CT molecular complexity index is 1170. The highest BCUT2D eigenvalue weighted by Gasteiger charge is 2.19. The van der Waals surface area contributed by atoms with E-state index in [0.29, 0.717) is 24.5 Å². The van der Waals surface area contributed by atoms with Gasteiger partial charge in [-0.25, -0.2) is 18.2 Å². The van der Waals surface area contributed by atoms with Crippen molar-refractivity contribution in [2.24, 2.45) is 0 Å². The number of benzene rings is 2. The lowest BCUT2D eigenvalue weighted by Crippen LogP contribution is -2.23. The fourth-order valence-electron chi connectivity index (χ4n) is 2.97. The summed E-state index contributed by atoms with van der Waals surface area (Å²) in [7, 11) is -3.85. The Kier molecular flexibility index (Phi) is 7.40. The Morgan fingerprint density at radius 2 is 1.81 bits per heavy atom. The average Bonchev–Trinajstić information content (AvgIpc) is 2.77. The molecule has 0 amide bonds. The molecule has 7 nitrogen and oxygen atoms in total. The van der Waals surface area contributed by atoms with Crippen LogP contribution in [-0.4, -0.2) is 42.7 Å². The van der Waals surface area contributed by atoms with Gasteiger partial charge in [0.2, 0.25) is 9.84 Å². The van der Waals surface area contributed by atoms with Gasteiger partial charge in [-0.15, -0.1) is 0 Å². The standard InChI is InChI=1S/C22H21ClN2O5S/c23-17-3-1-2-16(12-17)21(26)14-24-10-8-15-4-6-18(7-5-15)31(29,30)19-9-11-25-20(13-19)22(27)28/h1-7,9,11-13,21,24,26H,8,10,14H2,(H,27,28). The van der Waals surface area contributed by atoms with Gasteiger partial charge in [-0.1, -0.05) is 35.9 Å². The molecule has 3 rings (SSSR count). The van der Waals surface area contributed by atoms with Crippen molar-refractivity contribution in [2.75, 3.05) is 13.1 Å². The zero-order valence-corrected chi connectivity index (χ0v) is 18.0. The summed E-state index contributed by atoms with van der Waals surface area (Å²) in [4.78, 5) is 14.6. The molecule has 3 aromatic rings. The Morgan fingerprint density at radius 1 is 1.06 bits per heavy atom. The monoisotopic (exact) mass is 460 g/mol. The van der Waals surface area contributed by atoms with Crippen LogP contribution >= 0.6 is 11.6 Å². The van der Waals surface area contributed by atoms with Crippen LogP contribution < -0.4 is 5.32 Å². The summed E-state index contributed by atoms with van der Waals surface area (Å²) in [5.74, 6) is -1.29. The summed E-state index contributed by atoms with van der Waals surface area (Å²) >= 11 is 5.93. The van der Waals surface area contributed by atoms with Crippen molar-refractivity contribution in [3.63, 3.8) is 0 Å². The molecule has 162 valence electrons. The van der Waals surface area contributed by atoms with Crippen molar-refractivity contribution in [1.29, 1.82) is 0 Å². The maximum atomic E-state index is 12.7. The second-order valence-electron chi connectivity index (χ2n) is 6.85. The van der Waals surface area contributed by atoms with Gasteiger partial charge in [0.15, 0.2) is 0 Å². The number of nitrogens with one attached hydrogen (secondary N) is 1. The van der Waals surface area contributed by atoms with Crippen LogP contribution in [0.2, 0.25) is 5.02 Å². The van der Waals surface area contributed by atoms with Gasteiger partial charge in [0.05, 0.1) is 15.9 Å². The minimum Gasteiger partial charge on any atom is -0.477 e. The number of carbonyl (C=O) groups is 1. The Labute approximate surface area is 185 Å². The first-order valence-electron chi connectivity index (χ1n) is 9.45. The van der Waals surface area contributed by atoms with Crippen LogP contribution in [0.3, 0.4) is 0 Å². The third kappa shape index (κ3) is 5.89. The first kappa shape index (κ1) is 22.9. The minimum atomic E-state index is -3.85. The number of sulfone groups is 1. The molecule has 0 aliphatic rings. The molecule has 0 saturated carbocycles. The van der Waals surface area contributed by atoms with Crippen molar-refractivity contribution in [1.82, 2.24) is 10.3 Å². The van der Waals surface area contributed by atoms with Gasteiger partial charge in [-0.05, 0) is 60.5 Å². The molecule has 0 spiro atoms. The van der Waals surface area contributed by atoms with Crippen molar-refractivity contribution in [3.8, 4) is 0 Å². The lowest BCUT2D eigenvalue weighted by atomic mass is 10.1. The molecule has 0 bridgehead atoms. The van der Waals surface area contributed by atoms with E-state index < -0.39 is 21.9 Å². The highest BCUT2D eigenvalue weighted by molar-refractivity contribution is 7.91. The average molecular weight is 461 g/mol. The molecule has 9 heteroatoms. The first-order chi connectivity index (χ1) is 14.8. The van der Waals surface area contributed by atoms with Crippen LogP contribution in [0.1, 0.15) is 27.7 Å². The molecular weight excluding hydrogens is 440 g/mol. The topological polar surface area (TPSA) is 117 Å². The fraction of sp³-hybridized carbons (Fsp3) is 0.182. The number of aliphatic hydroxyl groups is 1. The molecule has 1 unspecified atom stereocenters. The lowest BCUT2D eigenvalue weighted by Gasteiger charge is -2.12. The number of rotatable bonds is 9. The molecule has 0 aliphatic carbocycles. The number of aliphatic hydroxyl groups excluding tert-OH is 1. The first-order valence-corrected chi connectivity index (χ1v) is 11.3. The Hall–Kier alpha value is -2.78. The number of carboxylic acid groups (broad SMARTS) is 1. The molecule has 3 N–H and O–H groups in total. The van der Waals surface area contributed by atoms with Crippen molar-refractivity contribution in [2.45, 2.75) is 22.3 Å². The highest BCUT2D eigenvalue weighted by atomic mass is 35.5. The van der Waals surface area contributed by atoms with Gasteiger partial charge in [0, 0.05) is 17.8 Å². The maximum Gasteiger partial charge on any atom is 0.354 e. The summed E-state index contributed by atoms with van der Waals surface area (Å²) in [6.45, 7) is 0.955. The number of halogens is 1. The molecule has 1 aromatic heterocycles. The Morgan fingerprint density at radius 3 is 2.48 bits per heavy atom. The summed E-state index contributed by atoms with van der Waals surface area (Å²) in [5.41, 5.74) is 1.32. The number of aromatic nitrogens is 1. The second kappa shape index (κ2) is 10.0. The van der Waals surface area contributed by atoms with Gasteiger partial charge in [-0.2, -0.15) is 0 Å². The molecular formula is C22H21ClN2O5S. The van der Waals surface area contributed by atoms with Crippen LogP contribution in [0.5, 0.6) is 0 Å². The SMILES string of the molecule is O=C(O)c1cc(S(=O)(=O)c2ccc(CCNCC(O)c3cccc(Cl)c3)cc2)ccn1. The van der Waals surface area contributed by atoms with Gasteiger partial charge < -0.3 is 15.5 Å². The summed E-state index contributed by atoms with van der Waals surface area (Å²) in [6.07, 6.45) is 1.12. The predicted molar refractivity (Wildman–Crippen MR) is 116 cm³/mol. The van der Waals surface area contributed by atoms with Crippen LogP contribution in [0.4, 0.5) is 0 Å². The van der Waals surface area contributed by atoms with Crippen LogP contribution in [0.15, 0.2) is 76.7 Å². The van der Waals surface area contributed by atoms with E-state index in [-0.39, 0.29) is 15.5 Å². The van der Waals surface area contributed by atoms with E-state index in [1.807, 2.05) is 0 Å². The van der Waals surface area contributed by atoms with E-state index in [1.165, 1.54) is 18.2 Å². The fourth-order valence-corrected chi connectivity index (χ4v) is 4.44. The third-order valence-corrected chi connectivity index (χ3v) is 6.66. The van der Waals surface area contributed by atoms with E-state index in [0.717, 1.165) is 23.4 Å². The maximum absolute atomic E-state index is 12.7. The van der Waals surface area contributed by atoms with E-state index >= 15 is 0 Å². The third-order valence-electron chi connectivity index (χ3n) is 4.66. The molecule has 2 aromatic carbocycles. The zero-order chi connectivity index (χ0) is 22.4. The zero-order valence-electron chi connectivity index (χ0n) is 16.4. The summed E-state index contributed by atoms with van der Waals surface area (Å²) < 4.78 is 25.5. The van der Waals surface area contributed by atoms with Crippen LogP contribution in [0, 0.1) is 0 Å². The van der Waals surface area contributed by atoms with Gasteiger partial charge >= 0.3 is 5.97 Å². The molecule has 1 atom stereocenters. The lowest BCUT2D eigenvalue weighted by molar-refractivity contribution is 0.0690. The van der Waals surface area contributed by atoms with Gasteiger partial charge in [-0.3, -0.25) is 0 Å². The predicted octanol–water partition coefficient (Wildman–Crippen LogP) is 3.13. The number of pyridine rings is 1. The molecule has 31 heavy (non-hydrogen) atoms. The smallest absolute Gasteiger partial charge is 0.354 e. The molecule has 0 aliphatic heterocycles. The number of aromatic carboxylic acids is 1. The molecule has 1 heterocycles. The largest absolute Gasteiger partial charge is 0.477 e. The number of hydrogen-bond donors (Lipinski definition) is 3. The number of hydrogen-bond acceptors (Lipinski definition) is 6. The Balaban J connectivity index is 1.57. The van der Waals surface area contributed by atoms with Crippen LogP contribution in [-0.2, 0) is 16.3 Å². The molecule has 0 saturated heterocycles. The van der Waals surface area contributed by atoms with E-state index in [2.05, 4.69) is 10.3 Å². The van der Waals surface area contributed by atoms with Crippen molar-refractivity contribution in [3.05, 3.63) is 88.7 Å². The number of nitrogens with zero attached hydrogens (tertiary/aromatic N) is 1. The van der Waals surface area contributed by atoms with Crippen molar-refractivity contribution >= 4 is 27.4 Å². The second-order valence-corrected chi connectivity index (χ2v) is 9.24. The highest BCUT2D eigenvalue weighted by Crippen LogP contribution is 2.22.